The van der Waals surface area contributed by atoms with Gasteiger partial charge in [-0.25, -0.2) is 9.59 Å². The van der Waals surface area contributed by atoms with Gasteiger partial charge >= 0.3 is 23.9 Å². The maximum Gasteiger partial charge on any atom is 0.342 e. The number of aliphatic hydroxyl groups excluding tert-OH is 4. The van der Waals surface area contributed by atoms with E-state index in [1.807, 2.05) is 27.7 Å². The van der Waals surface area contributed by atoms with E-state index >= 15 is 9.59 Å². The van der Waals surface area contributed by atoms with Gasteiger partial charge in [0, 0.05) is 25.0 Å². The lowest BCUT2D eigenvalue weighted by Gasteiger charge is -2.69. The maximum atomic E-state index is 15.5. The van der Waals surface area contributed by atoms with Gasteiger partial charge in [0.2, 0.25) is 0 Å². The molecule has 11 nitrogen and oxygen atoms in total. The number of carbonyl (C=O) groups excluding carboxylic acids is 4. The first kappa shape index (κ1) is 56.1. The third kappa shape index (κ3) is 9.01. The molecule has 73 heavy (non-hydrogen) atoms. The van der Waals surface area contributed by atoms with E-state index in [9.17, 15) is 30.0 Å². The molecule has 8 aliphatic rings. The molecule has 0 radical (unpaired) electrons. The smallest absolute Gasteiger partial charge is 0.342 e. The molecular formula is C62H94O11. The molecule has 4 unspecified atom stereocenters. The van der Waals surface area contributed by atoms with E-state index in [-0.39, 0.29) is 83.2 Å². The van der Waals surface area contributed by atoms with Crippen LogP contribution in [0.3, 0.4) is 0 Å². The molecule has 408 valence electrons. The molecule has 20 atom stereocenters. The Morgan fingerprint density at radius 1 is 0.521 bits per heavy atom. The van der Waals surface area contributed by atoms with Gasteiger partial charge in [-0.15, -0.1) is 0 Å². The van der Waals surface area contributed by atoms with E-state index in [0.29, 0.717) is 73.7 Å². The van der Waals surface area contributed by atoms with Gasteiger partial charge in [-0.05, 0) is 221 Å². The predicted molar refractivity (Wildman–Crippen MR) is 281 cm³/mol. The van der Waals surface area contributed by atoms with Crippen LogP contribution in [0.1, 0.15) is 200 Å². The summed E-state index contributed by atoms with van der Waals surface area (Å²) in [5.41, 5.74) is 1.74. The fraction of sp³-hybridized carbons (Fsp3) is 0.806. The second-order valence-electron chi connectivity index (χ2n) is 27.4. The Morgan fingerprint density at radius 2 is 0.877 bits per heavy atom. The number of hydrogen-bond acceptors (Lipinski definition) is 11. The SMILES string of the molecule is CC(=O)O[C@H]1C[C@@]2(C)C(C[C@@H](O)[C@H]3[C@@]4(C)CC[C@@H](O)[C@@H](C)C4CC[C@@]32C)C1=C(CCC=C(C)C)C(=O)OC(=O)C(CCC=C(C)C)=C1C2C[C@@H](O)[C@H]3[C@@]4(C)CC[C@@H](O)[C@@H](C)C4CC[C@]3(C)[C@@]2(C)C[C@@H]1OC(C)=O. The fourth-order valence-electron chi connectivity index (χ4n) is 19.8. The standard InChI is InChI=1S/C62H94O11/c1-33(2)17-15-19-39(51-43-29-47(67)53-57(9)25-23-45(65)35(5)41(57)21-27-59(53,11)61(43,13)31-49(51)71-37(7)63)55(69)73-56(70)40(20-16-18-34(3)4)52-44-30-48(68)54-58(10)26-24-46(66)36(6)42(58)22-28-60(54,12)62(44,14)32-50(52)72-38(8)64/h17-18,35-36,41-50,53-54,65-68H,15-16,19-32H2,1-14H3/t35-,36-,41?,42?,43?,44?,45+,46+,47+,48+,49-,50-,53-,54-,57-,58-,59-,60-,61-,62-/m0/s1. The normalized spacial score (nSPS) is 46.9. The van der Waals surface area contributed by atoms with Crippen molar-refractivity contribution in [2.75, 3.05) is 0 Å². The van der Waals surface area contributed by atoms with Gasteiger partial charge in [0.25, 0.3) is 0 Å². The molecule has 8 aliphatic carbocycles. The van der Waals surface area contributed by atoms with Crippen LogP contribution in [0.4, 0.5) is 0 Å². The quantitative estimate of drug-likeness (QED) is 0.0538. The van der Waals surface area contributed by atoms with Crippen molar-refractivity contribution < 1.29 is 53.8 Å². The highest BCUT2D eigenvalue weighted by Gasteiger charge is 2.73. The number of hydrogen-bond donors (Lipinski definition) is 4. The summed E-state index contributed by atoms with van der Waals surface area (Å²) in [6.45, 7) is 28.9. The first-order valence-electron chi connectivity index (χ1n) is 28.6. The van der Waals surface area contributed by atoms with Crippen molar-refractivity contribution in [1.82, 2.24) is 0 Å². The zero-order valence-corrected chi connectivity index (χ0v) is 47.2. The lowest BCUT2D eigenvalue weighted by molar-refractivity contribution is -0.234. The summed E-state index contributed by atoms with van der Waals surface area (Å²) in [6, 6.07) is 0. The Labute approximate surface area is 437 Å². The van der Waals surface area contributed by atoms with E-state index in [0.717, 1.165) is 49.7 Å². The van der Waals surface area contributed by atoms with Crippen LogP contribution in [0.25, 0.3) is 0 Å². The number of ether oxygens (including phenoxy) is 3. The van der Waals surface area contributed by atoms with Crippen LogP contribution in [0, 0.1) is 79.8 Å². The molecule has 0 saturated heterocycles. The molecule has 0 spiro atoms. The van der Waals surface area contributed by atoms with Gasteiger partial charge < -0.3 is 34.6 Å². The largest absolute Gasteiger partial charge is 0.458 e. The minimum Gasteiger partial charge on any atom is -0.458 e. The number of allylic oxidation sites excluding steroid dienone is 4. The summed E-state index contributed by atoms with van der Waals surface area (Å²) >= 11 is 0. The van der Waals surface area contributed by atoms with Crippen LogP contribution < -0.4 is 0 Å². The molecule has 8 fully saturated rings. The number of rotatable bonds is 10. The van der Waals surface area contributed by atoms with Gasteiger partial charge in [-0.1, -0.05) is 78.7 Å². The average Bonchev–Trinajstić information content (AvgIpc) is 3.72. The summed E-state index contributed by atoms with van der Waals surface area (Å²) in [5, 5.41) is 47.4. The topological polar surface area (TPSA) is 177 Å². The molecule has 0 amide bonds. The summed E-state index contributed by atoms with van der Waals surface area (Å²) in [5.74, 6) is -2.69. The van der Waals surface area contributed by atoms with Gasteiger partial charge in [-0.3, -0.25) is 9.59 Å². The van der Waals surface area contributed by atoms with E-state index in [1.54, 1.807) is 0 Å². The summed E-state index contributed by atoms with van der Waals surface area (Å²) in [6.07, 6.45) is 9.84. The van der Waals surface area contributed by atoms with Crippen molar-refractivity contribution >= 4 is 23.9 Å². The van der Waals surface area contributed by atoms with Crippen molar-refractivity contribution in [2.24, 2.45) is 79.8 Å². The third-order valence-electron chi connectivity index (χ3n) is 23.3. The molecule has 0 aliphatic heterocycles. The van der Waals surface area contributed by atoms with Gasteiger partial charge in [0.1, 0.15) is 12.2 Å². The highest BCUT2D eigenvalue weighted by molar-refractivity contribution is 6.03. The molecule has 0 aromatic carbocycles. The fourth-order valence-corrected chi connectivity index (χ4v) is 19.8. The Kier molecular flexibility index (Phi) is 15.4. The molecular weight excluding hydrogens is 921 g/mol. The van der Waals surface area contributed by atoms with Crippen molar-refractivity contribution in [1.29, 1.82) is 0 Å². The van der Waals surface area contributed by atoms with Crippen molar-refractivity contribution in [2.45, 2.75) is 236 Å². The average molecular weight is 1020 g/mol. The lowest BCUT2D eigenvalue weighted by atomic mass is 9.36. The Hall–Kier alpha value is -3.12. The summed E-state index contributed by atoms with van der Waals surface area (Å²) < 4.78 is 18.9. The second kappa shape index (κ2) is 20.0. The Morgan fingerprint density at radius 3 is 1.21 bits per heavy atom. The third-order valence-corrected chi connectivity index (χ3v) is 23.3. The summed E-state index contributed by atoms with van der Waals surface area (Å²) in [7, 11) is 0. The van der Waals surface area contributed by atoms with Crippen LogP contribution >= 0.6 is 0 Å². The van der Waals surface area contributed by atoms with Crippen molar-refractivity contribution in [3.63, 3.8) is 0 Å². The van der Waals surface area contributed by atoms with Gasteiger partial charge in [0.05, 0.1) is 24.4 Å². The van der Waals surface area contributed by atoms with Crippen molar-refractivity contribution in [3.8, 4) is 0 Å². The van der Waals surface area contributed by atoms with Crippen LogP contribution in [0.15, 0.2) is 45.6 Å². The maximum absolute atomic E-state index is 15.5. The molecule has 0 aromatic heterocycles. The van der Waals surface area contributed by atoms with Crippen molar-refractivity contribution in [3.05, 3.63) is 45.6 Å². The number of aliphatic hydroxyl groups is 4. The second-order valence-corrected chi connectivity index (χ2v) is 27.4. The van der Waals surface area contributed by atoms with Crippen LogP contribution in [0.2, 0.25) is 0 Å². The van der Waals surface area contributed by atoms with Crippen LogP contribution in [-0.4, -0.2) is 80.9 Å². The van der Waals surface area contributed by atoms with E-state index in [2.05, 4.69) is 67.5 Å². The molecule has 0 bridgehead atoms. The predicted octanol–water partition coefficient (Wildman–Crippen LogP) is 11.2. The van der Waals surface area contributed by atoms with Gasteiger partial charge in [0.15, 0.2) is 0 Å². The zero-order chi connectivity index (χ0) is 53.7. The first-order valence-corrected chi connectivity index (χ1v) is 28.6. The minimum absolute atomic E-state index is 0.0833. The molecule has 11 heteroatoms. The molecule has 0 aromatic rings. The highest BCUT2D eigenvalue weighted by atomic mass is 16.6. The zero-order valence-electron chi connectivity index (χ0n) is 47.2. The first-order chi connectivity index (χ1) is 34.0. The Balaban J connectivity index is 1.22. The monoisotopic (exact) mass is 1010 g/mol. The molecule has 8 rings (SSSR count). The number of carbonyl (C=O) groups is 4. The van der Waals surface area contributed by atoms with E-state index in [1.165, 1.54) is 13.8 Å². The highest BCUT2D eigenvalue weighted by Crippen LogP contribution is 2.76. The van der Waals surface area contributed by atoms with E-state index in [4.69, 9.17) is 14.2 Å². The lowest BCUT2D eigenvalue weighted by Crippen LogP contribution is -2.65. The number of fused-ring (bicyclic) bond motifs is 10. The molecule has 4 N–H and O–H groups in total. The Bertz CT molecular complexity index is 2160. The molecule has 8 saturated carbocycles. The summed E-state index contributed by atoms with van der Waals surface area (Å²) in [4.78, 5) is 57.3. The molecule has 0 heterocycles. The van der Waals surface area contributed by atoms with Crippen LogP contribution in [0.5, 0.6) is 0 Å². The number of esters is 4. The van der Waals surface area contributed by atoms with E-state index < -0.39 is 70.0 Å². The van der Waals surface area contributed by atoms with Gasteiger partial charge in [-0.2, -0.15) is 0 Å². The van der Waals surface area contributed by atoms with Crippen LogP contribution in [-0.2, 0) is 33.4 Å². The minimum atomic E-state index is -0.795.